The maximum atomic E-state index is 12.6. The van der Waals surface area contributed by atoms with Crippen LogP contribution in [0.3, 0.4) is 0 Å². The number of nitrogens with zero attached hydrogens (tertiary/aromatic N) is 2. The summed E-state index contributed by atoms with van der Waals surface area (Å²) in [4.78, 5) is 16.6. The Bertz CT molecular complexity index is 1220. The van der Waals surface area contributed by atoms with Crippen molar-refractivity contribution in [3.8, 4) is 17.0 Å². The molecular weight excluding hydrogens is 472 g/mol. The number of carbonyl (C=O) groups excluding carboxylic acids is 1. The zero-order chi connectivity index (χ0) is 22.8. The summed E-state index contributed by atoms with van der Waals surface area (Å²) in [6.45, 7) is -2.99. The molecule has 1 aromatic heterocycles. The second-order valence-corrected chi connectivity index (χ2v) is 9.68. The predicted molar refractivity (Wildman–Crippen MR) is 114 cm³/mol. The van der Waals surface area contributed by atoms with Crippen LogP contribution in [-0.4, -0.2) is 44.3 Å². The number of carbonyl (C=O) groups is 1. The fourth-order valence-corrected chi connectivity index (χ4v) is 4.64. The predicted octanol–water partition coefficient (Wildman–Crippen LogP) is 4.57. The summed E-state index contributed by atoms with van der Waals surface area (Å²) in [6, 6.07) is 10.0. The van der Waals surface area contributed by atoms with Gasteiger partial charge in [0.25, 0.3) is 5.91 Å². The van der Waals surface area contributed by atoms with E-state index in [1.54, 1.807) is 23.6 Å². The van der Waals surface area contributed by atoms with E-state index in [2.05, 4.69) is 15.0 Å². The number of rotatable bonds is 7. The fraction of sp³-hybridized carbons (Fsp3) is 0.158. The van der Waals surface area contributed by atoms with E-state index in [-0.39, 0.29) is 26.4 Å². The smallest absolute Gasteiger partial charge is 0.387 e. The Kier molecular flexibility index (Phi) is 6.90. The number of ether oxygens (including phenoxy) is 1. The van der Waals surface area contributed by atoms with Gasteiger partial charge in [-0.3, -0.25) is 10.1 Å². The second kappa shape index (κ2) is 9.27. The van der Waals surface area contributed by atoms with E-state index in [0.29, 0.717) is 11.3 Å². The number of halogens is 3. The Morgan fingerprint density at radius 3 is 2.61 bits per heavy atom. The lowest BCUT2D eigenvalue weighted by Gasteiger charge is -2.13. The lowest BCUT2D eigenvalue weighted by atomic mass is 10.1. The molecule has 31 heavy (non-hydrogen) atoms. The first-order valence-corrected chi connectivity index (χ1v) is 11.3. The number of hydrogen-bond donors (Lipinski definition) is 1. The van der Waals surface area contributed by atoms with Crippen molar-refractivity contribution >= 4 is 44.0 Å². The number of anilines is 1. The molecule has 0 unspecified atom stereocenters. The zero-order valence-corrected chi connectivity index (χ0v) is 18.6. The molecule has 0 aliphatic carbocycles. The van der Waals surface area contributed by atoms with Gasteiger partial charge in [-0.1, -0.05) is 23.7 Å². The van der Waals surface area contributed by atoms with Crippen molar-refractivity contribution in [1.82, 2.24) is 9.29 Å². The zero-order valence-electron chi connectivity index (χ0n) is 16.2. The van der Waals surface area contributed by atoms with E-state index in [1.807, 2.05) is 0 Å². The van der Waals surface area contributed by atoms with Gasteiger partial charge in [-0.2, -0.15) is 8.78 Å². The summed E-state index contributed by atoms with van der Waals surface area (Å²) in [5, 5.41) is 4.32. The molecular formula is C19H16ClF2N3O4S2. The number of alkyl halides is 2. The molecule has 3 aromatic rings. The van der Waals surface area contributed by atoms with Crippen molar-refractivity contribution < 1.29 is 26.7 Å². The molecule has 3 rings (SSSR count). The molecule has 0 spiro atoms. The van der Waals surface area contributed by atoms with Gasteiger partial charge in [0.05, 0.1) is 10.7 Å². The number of hydrogen-bond acceptors (Lipinski definition) is 6. The highest BCUT2D eigenvalue weighted by Crippen LogP contribution is 2.33. The summed E-state index contributed by atoms with van der Waals surface area (Å²) in [5.74, 6) is -0.651. The molecule has 164 valence electrons. The normalized spacial score (nSPS) is 11.7. The van der Waals surface area contributed by atoms with Crippen LogP contribution in [0.4, 0.5) is 13.9 Å². The number of thiazole rings is 1. The van der Waals surface area contributed by atoms with Crippen LogP contribution >= 0.6 is 22.9 Å². The first-order chi connectivity index (χ1) is 14.6. The Balaban J connectivity index is 1.85. The molecule has 2 aromatic carbocycles. The first kappa shape index (κ1) is 23.1. The van der Waals surface area contributed by atoms with Crippen molar-refractivity contribution in [3.63, 3.8) is 0 Å². The minimum atomic E-state index is -3.85. The number of aromatic nitrogens is 1. The van der Waals surface area contributed by atoms with Gasteiger partial charge in [0.15, 0.2) is 5.13 Å². The molecule has 0 bridgehead atoms. The largest absolute Gasteiger partial charge is 0.434 e. The molecule has 0 saturated carbocycles. The quantitative estimate of drug-likeness (QED) is 0.527. The minimum Gasteiger partial charge on any atom is -0.434 e. The SMILES string of the molecule is CN(C)S(=O)(=O)c1cc(C(=O)Nc2nc(-c3ccccc3OC(F)F)cs2)ccc1Cl. The molecule has 1 heterocycles. The van der Waals surface area contributed by atoms with Crippen LogP contribution in [0, 0.1) is 0 Å². The highest BCUT2D eigenvalue weighted by atomic mass is 35.5. The van der Waals surface area contributed by atoms with Gasteiger partial charge in [0, 0.05) is 30.6 Å². The van der Waals surface area contributed by atoms with E-state index in [9.17, 15) is 22.0 Å². The monoisotopic (exact) mass is 487 g/mol. The number of nitrogens with one attached hydrogen (secondary N) is 1. The van der Waals surface area contributed by atoms with Crippen molar-refractivity contribution in [2.45, 2.75) is 11.5 Å². The minimum absolute atomic E-state index is 0.0163. The van der Waals surface area contributed by atoms with Crippen molar-refractivity contribution in [2.24, 2.45) is 0 Å². The summed E-state index contributed by atoms with van der Waals surface area (Å²) in [6.07, 6.45) is 0. The van der Waals surface area contributed by atoms with Gasteiger partial charge in [-0.15, -0.1) is 11.3 Å². The third-order valence-corrected chi connectivity index (χ3v) is 7.11. The van der Waals surface area contributed by atoms with Gasteiger partial charge in [0.2, 0.25) is 10.0 Å². The maximum absolute atomic E-state index is 12.6. The van der Waals surface area contributed by atoms with Gasteiger partial charge < -0.3 is 4.74 Å². The molecule has 7 nitrogen and oxygen atoms in total. The second-order valence-electron chi connectivity index (χ2n) is 6.30. The highest BCUT2D eigenvalue weighted by molar-refractivity contribution is 7.89. The number of para-hydroxylation sites is 1. The molecule has 0 radical (unpaired) electrons. The average Bonchev–Trinajstić information content (AvgIpc) is 3.16. The van der Waals surface area contributed by atoms with E-state index in [0.717, 1.165) is 15.6 Å². The van der Waals surface area contributed by atoms with Crippen LogP contribution in [0.2, 0.25) is 5.02 Å². The van der Waals surface area contributed by atoms with E-state index in [4.69, 9.17) is 11.6 Å². The summed E-state index contributed by atoms with van der Waals surface area (Å²) < 4.78 is 55.5. The van der Waals surface area contributed by atoms with Gasteiger partial charge in [-0.05, 0) is 30.3 Å². The van der Waals surface area contributed by atoms with Crippen LogP contribution in [0.25, 0.3) is 11.3 Å². The number of benzene rings is 2. The molecule has 1 amide bonds. The molecule has 0 fully saturated rings. The van der Waals surface area contributed by atoms with E-state index in [1.165, 1.54) is 38.4 Å². The fourth-order valence-electron chi connectivity index (χ4n) is 2.54. The average molecular weight is 488 g/mol. The van der Waals surface area contributed by atoms with Gasteiger partial charge >= 0.3 is 6.61 Å². The van der Waals surface area contributed by atoms with Crippen LogP contribution in [0.15, 0.2) is 52.7 Å². The molecule has 0 saturated heterocycles. The summed E-state index contributed by atoms with van der Waals surface area (Å²) in [5.41, 5.74) is 0.733. The van der Waals surface area contributed by atoms with Gasteiger partial charge in [0.1, 0.15) is 10.6 Å². The summed E-state index contributed by atoms with van der Waals surface area (Å²) in [7, 11) is -1.15. The van der Waals surface area contributed by atoms with Crippen LogP contribution < -0.4 is 10.1 Å². The highest BCUT2D eigenvalue weighted by Gasteiger charge is 2.23. The Morgan fingerprint density at radius 2 is 1.94 bits per heavy atom. The van der Waals surface area contributed by atoms with Crippen LogP contribution in [0.5, 0.6) is 5.75 Å². The Labute approximate surface area is 186 Å². The third-order valence-electron chi connectivity index (χ3n) is 4.06. The molecule has 12 heteroatoms. The molecule has 0 aliphatic heterocycles. The van der Waals surface area contributed by atoms with Crippen LogP contribution in [-0.2, 0) is 10.0 Å². The Hall–Kier alpha value is -2.60. The lowest BCUT2D eigenvalue weighted by molar-refractivity contribution is -0.0494. The first-order valence-electron chi connectivity index (χ1n) is 8.62. The standard InChI is InChI=1S/C19H16ClF2N3O4S2/c1-25(2)31(27,28)16-9-11(7-8-13(16)20)17(26)24-19-23-14(10-30-19)12-5-3-4-6-15(12)29-18(21)22/h3-10,18H,1-2H3,(H,23,24,26). The van der Waals surface area contributed by atoms with E-state index < -0.39 is 22.5 Å². The van der Waals surface area contributed by atoms with Crippen molar-refractivity contribution in [2.75, 3.05) is 19.4 Å². The molecule has 0 aliphatic rings. The van der Waals surface area contributed by atoms with Crippen LogP contribution in [0.1, 0.15) is 10.4 Å². The Morgan fingerprint density at radius 1 is 1.23 bits per heavy atom. The van der Waals surface area contributed by atoms with E-state index >= 15 is 0 Å². The number of sulfonamides is 1. The molecule has 1 N–H and O–H groups in total. The summed E-state index contributed by atoms with van der Waals surface area (Å²) >= 11 is 7.07. The van der Waals surface area contributed by atoms with Gasteiger partial charge in [-0.25, -0.2) is 17.7 Å². The van der Waals surface area contributed by atoms with Crippen molar-refractivity contribution in [3.05, 3.63) is 58.4 Å². The third kappa shape index (κ3) is 5.18. The maximum Gasteiger partial charge on any atom is 0.387 e. The topological polar surface area (TPSA) is 88.6 Å². The molecule has 0 atom stereocenters. The van der Waals surface area contributed by atoms with Crippen molar-refractivity contribution in [1.29, 1.82) is 0 Å². The lowest BCUT2D eigenvalue weighted by Crippen LogP contribution is -2.23. The number of amides is 1.